The summed E-state index contributed by atoms with van der Waals surface area (Å²) in [4.78, 5) is 28.0. The summed E-state index contributed by atoms with van der Waals surface area (Å²) >= 11 is 6.34. The number of fused-ring (bicyclic) bond motifs is 1. The van der Waals surface area contributed by atoms with Crippen LogP contribution in [0.1, 0.15) is 32.8 Å². The monoisotopic (exact) mass is 523 g/mol. The van der Waals surface area contributed by atoms with Gasteiger partial charge in [-0.1, -0.05) is 36.7 Å². The van der Waals surface area contributed by atoms with E-state index in [4.69, 9.17) is 21.1 Å². The van der Waals surface area contributed by atoms with E-state index in [0.29, 0.717) is 28.5 Å². The molecular formula is C24H30ClN3O6S. The molecular weight excluding hydrogens is 494 g/mol. The molecule has 0 spiro atoms. The first-order chi connectivity index (χ1) is 16.5. The maximum Gasteiger partial charge on any atom is 0.244 e. The van der Waals surface area contributed by atoms with E-state index < -0.39 is 28.5 Å². The number of nitrogens with zero attached hydrogens (tertiary/aromatic N) is 2. The Hall–Kier alpha value is -2.98. The highest BCUT2D eigenvalue weighted by atomic mass is 35.5. The van der Waals surface area contributed by atoms with Gasteiger partial charge in [-0.05, 0) is 44.0 Å². The lowest BCUT2D eigenvalue weighted by molar-refractivity contribution is -0.140. The highest BCUT2D eigenvalue weighted by Crippen LogP contribution is 2.36. The van der Waals surface area contributed by atoms with Crippen LogP contribution in [0.25, 0.3) is 0 Å². The van der Waals surface area contributed by atoms with Crippen LogP contribution in [0.4, 0.5) is 5.69 Å². The summed E-state index contributed by atoms with van der Waals surface area (Å²) in [5.74, 6) is 0.0141. The Morgan fingerprint density at radius 2 is 1.80 bits per heavy atom. The Labute approximate surface area is 211 Å². The van der Waals surface area contributed by atoms with Crippen LogP contribution < -0.4 is 19.1 Å². The molecule has 2 aromatic rings. The number of ether oxygens (including phenoxy) is 2. The predicted molar refractivity (Wildman–Crippen MR) is 134 cm³/mol. The molecule has 0 aliphatic carbocycles. The van der Waals surface area contributed by atoms with Crippen LogP contribution in [0, 0.1) is 0 Å². The molecule has 1 atom stereocenters. The van der Waals surface area contributed by atoms with E-state index in [1.165, 1.54) is 11.0 Å². The molecule has 2 aromatic carbocycles. The van der Waals surface area contributed by atoms with E-state index >= 15 is 0 Å². The number of rotatable bonds is 10. The van der Waals surface area contributed by atoms with E-state index in [-0.39, 0.29) is 31.0 Å². The Balaban J connectivity index is 1.96. The van der Waals surface area contributed by atoms with E-state index in [0.717, 1.165) is 10.6 Å². The highest BCUT2D eigenvalue weighted by molar-refractivity contribution is 7.92. The second kappa shape index (κ2) is 11.2. The first kappa shape index (κ1) is 26.6. The predicted octanol–water partition coefficient (Wildman–Crippen LogP) is 3.17. The average Bonchev–Trinajstić information content (AvgIpc) is 3.25. The zero-order valence-electron chi connectivity index (χ0n) is 20.2. The minimum Gasteiger partial charge on any atom is -0.454 e. The number of carbonyl (C=O) groups excluding carboxylic acids is 2. The number of amides is 2. The number of carbonyl (C=O) groups is 2. The summed E-state index contributed by atoms with van der Waals surface area (Å²) in [6.07, 6.45) is 1.35. The molecule has 0 bridgehead atoms. The fourth-order valence-electron chi connectivity index (χ4n) is 3.76. The standard InChI is InChI=1S/C24H30ClN3O6S/c1-5-20(24(30)26-16(2)3)27(13-17-8-6-7-9-19(17)25)23(29)14-28(35(4,31)32)18-10-11-21-22(12-18)34-15-33-21/h6-12,16,20H,5,13-15H2,1-4H3,(H,26,30)/t20-/m0/s1. The van der Waals surface area contributed by atoms with E-state index in [9.17, 15) is 18.0 Å². The number of halogens is 1. The first-order valence-corrected chi connectivity index (χ1v) is 13.4. The molecule has 11 heteroatoms. The third-order valence-electron chi connectivity index (χ3n) is 5.44. The van der Waals surface area contributed by atoms with Crippen molar-refractivity contribution in [1.82, 2.24) is 10.2 Å². The fourth-order valence-corrected chi connectivity index (χ4v) is 4.80. The van der Waals surface area contributed by atoms with Crippen molar-refractivity contribution in [3.63, 3.8) is 0 Å². The van der Waals surface area contributed by atoms with Gasteiger partial charge in [-0.2, -0.15) is 0 Å². The number of hydrogen-bond acceptors (Lipinski definition) is 6. The van der Waals surface area contributed by atoms with Crippen molar-refractivity contribution in [1.29, 1.82) is 0 Å². The van der Waals surface area contributed by atoms with Gasteiger partial charge in [0, 0.05) is 23.7 Å². The zero-order valence-corrected chi connectivity index (χ0v) is 21.7. The van der Waals surface area contributed by atoms with Crippen LogP contribution in [0.5, 0.6) is 11.5 Å². The van der Waals surface area contributed by atoms with Crippen molar-refractivity contribution in [3.8, 4) is 11.5 Å². The molecule has 1 aliphatic rings. The summed E-state index contributed by atoms with van der Waals surface area (Å²) in [5.41, 5.74) is 0.898. The maximum absolute atomic E-state index is 13.7. The number of benzene rings is 2. The van der Waals surface area contributed by atoms with E-state index in [2.05, 4.69) is 5.32 Å². The number of nitrogens with one attached hydrogen (secondary N) is 1. The van der Waals surface area contributed by atoms with Gasteiger partial charge in [0.15, 0.2) is 11.5 Å². The van der Waals surface area contributed by atoms with Crippen LogP contribution in [-0.2, 0) is 26.2 Å². The average molecular weight is 524 g/mol. The Kier molecular flexibility index (Phi) is 8.50. The van der Waals surface area contributed by atoms with Crippen molar-refractivity contribution in [3.05, 3.63) is 53.1 Å². The van der Waals surface area contributed by atoms with Crippen LogP contribution in [-0.4, -0.2) is 56.8 Å². The van der Waals surface area contributed by atoms with Gasteiger partial charge in [0.25, 0.3) is 0 Å². The fraction of sp³-hybridized carbons (Fsp3) is 0.417. The van der Waals surface area contributed by atoms with Gasteiger partial charge in [-0.25, -0.2) is 8.42 Å². The summed E-state index contributed by atoms with van der Waals surface area (Å²) in [6.45, 7) is 5.02. The molecule has 0 unspecified atom stereocenters. The molecule has 1 N–H and O–H groups in total. The van der Waals surface area contributed by atoms with Crippen LogP contribution in [0.2, 0.25) is 5.02 Å². The number of anilines is 1. The van der Waals surface area contributed by atoms with Gasteiger partial charge < -0.3 is 19.7 Å². The maximum atomic E-state index is 13.7. The van der Waals surface area contributed by atoms with Crippen LogP contribution >= 0.6 is 11.6 Å². The molecule has 2 amide bonds. The third-order valence-corrected chi connectivity index (χ3v) is 6.95. The van der Waals surface area contributed by atoms with Crippen LogP contribution in [0.3, 0.4) is 0 Å². The van der Waals surface area contributed by atoms with Gasteiger partial charge in [0.05, 0.1) is 11.9 Å². The molecule has 0 aromatic heterocycles. The molecule has 3 rings (SSSR count). The van der Waals surface area contributed by atoms with Crippen molar-refractivity contribution < 1.29 is 27.5 Å². The second-order valence-corrected chi connectivity index (χ2v) is 10.8. The lowest BCUT2D eigenvalue weighted by Crippen LogP contribution is -2.53. The summed E-state index contributed by atoms with van der Waals surface area (Å²) < 4.78 is 37.1. The molecule has 190 valence electrons. The van der Waals surface area contributed by atoms with Gasteiger partial charge in [-0.15, -0.1) is 0 Å². The normalized spacial score (nSPS) is 13.4. The molecule has 0 radical (unpaired) electrons. The molecule has 9 nitrogen and oxygen atoms in total. The Morgan fingerprint density at radius 3 is 2.43 bits per heavy atom. The lowest BCUT2D eigenvalue weighted by atomic mass is 10.1. The number of sulfonamides is 1. The summed E-state index contributed by atoms with van der Waals surface area (Å²) in [7, 11) is -3.85. The van der Waals surface area contributed by atoms with E-state index in [1.54, 1.807) is 43.3 Å². The smallest absolute Gasteiger partial charge is 0.244 e. The largest absolute Gasteiger partial charge is 0.454 e. The Bertz CT molecular complexity index is 1190. The second-order valence-electron chi connectivity index (χ2n) is 8.51. The molecule has 1 heterocycles. The van der Waals surface area contributed by atoms with Gasteiger partial charge in [-0.3, -0.25) is 13.9 Å². The molecule has 0 saturated carbocycles. The van der Waals surface area contributed by atoms with Gasteiger partial charge in [0.1, 0.15) is 12.6 Å². The van der Waals surface area contributed by atoms with Crippen LogP contribution in [0.15, 0.2) is 42.5 Å². The minimum absolute atomic E-state index is 0.0331. The van der Waals surface area contributed by atoms with E-state index in [1.807, 2.05) is 13.8 Å². The Morgan fingerprint density at radius 1 is 1.11 bits per heavy atom. The summed E-state index contributed by atoms with van der Waals surface area (Å²) in [6, 6.07) is 10.7. The molecule has 0 fully saturated rings. The number of hydrogen-bond donors (Lipinski definition) is 1. The van der Waals surface area contributed by atoms with Crippen molar-refractivity contribution in [2.45, 2.75) is 45.8 Å². The lowest BCUT2D eigenvalue weighted by Gasteiger charge is -2.33. The zero-order chi connectivity index (χ0) is 25.8. The molecule has 0 saturated heterocycles. The topological polar surface area (TPSA) is 105 Å². The highest BCUT2D eigenvalue weighted by Gasteiger charge is 2.32. The summed E-state index contributed by atoms with van der Waals surface area (Å²) in [5, 5.41) is 3.29. The quantitative estimate of drug-likeness (QED) is 0.513. The third kappa shape index (κ3) is 6.58. The van der Waals surface area contributed by atoms with Crippen molar-refractivity contribution in [2.24, 2.45) is 0 Å². The first-order valence-electron chi connectivity index (χ1n) is 11.2. The van der Waals surface area contributed by atoms with Crippen molar-refractivity contribution in [2.75, 3.05) is 23.9 Å². The SMILES string of the molecule is CC[C@@H](C(=O)NC(C)C)N(Cc1ccccc1Cl)C(=O)CN(c1ccc2c(c1)OCO2)S(C)(=O)=O. The molecule has 35 heavy (non-hydrogen) atoms. The van der Waals surface area contributed by atoms with Crippen molar-refractivity contribution >= 4 is 39.1 Å². The minimum atomic E-state index is -3.85. The molecule has 1 aliphatic heterocycles. The van der Waals surface area contributed by atoms with Gasteiger partial charge >= 0.3 is 0 Å². The van der Waals surface area contributed by atoms with Gasteiger partial charge in [0.2, 0.25) is 28.6 Å².